The molecule has 9 heteroatoms. The van der Waals surface area contributed by atoms with Crippen LogP contribution < -0.4 is 5.32 Å². The highest BCUT2D eigenvalue weighted by molar-refractivity contribution is 14.0. The van der Waals surface area contributed by atoms with Crippen molar-refractivity contribution >= 4 is 29.9 Å². The predicted molar refractivity (Wildman–Crippen MR) is 139 cm³/mol. The van der Waals surface area contributed by atoms with Crippen LogP contribution in [0.15, 0.2) is 41.7 Å². The summed E-state index contributed by atoms with van der Waals surface area (Å²) < 4.78 is 19.3. The molecule has 4 rings (SSSR count). The van der Waals surface area contributed by atoms with E-state index in [9.17, 15) is 0 Å². The van der Waals surface area contributed by atoms with E-state index in [0.29, 0.717) is 25.9 Å². The normalized spacial score (nSPS) is 19.9. The van der Waals surface area contributed by atoms with Gasteiger partial charge in [-0.3, -0.25) is 4.68 Å². The molecule has 2 aliphatic rings. The first kappa shape index (κ1) is 25.9. The molecule has 2 aromatic rings. The van der Waals surface area contributed by atoms with Crippen molar-refractivity contribution < 1.29 is 14.2 Å². The molecular weight excluding hydrogens is 533 g/mol. The van der Waals surface area contributed by atoms with Gasteiger partial charge in [0.2, 0.25) is 0 Å². The molecule has 2 fully saturated rings. The van der Waals surface area contributed by atoms with Crippen molar-refractivity contribution in [3.8, 4) is 0 Å². The third-order valence-corrected chi connectivity index (χ3v) is 5.85. The molecule has 33 heavy (non-hydrogen) atoms. The Morgan fingerprint density at radius 1 is 1.24 bits per heavy atom. The van der Waals surface area contributed by atoms with E-state index in [2.05, 4.69) is 46.5 Å². The van der Waals surface area contributed by atoms with Gasteiger partial charge in [-0.15, -0.1) is 24.0 Å². The second-order valence-corrected chi connectivity index (χ2v) is 8.37. The number of rotatable bonds is 7. The summed E-state index contributed by atoms with van der Waals surface area (Å²) in [7, 11) is 1.93. The Bertz CT molecular complexity index is 884. The summed E-state index contributed by atoms with van der Waals surface area (Å²) in [5.41, 5.74) is 3.48. The van der Waals surface area contributed by atoms with Crippen LogP contribution in [-0.4, -0.2) is 66.2 Å². The summed E-state index contributed by atoms with van der Waals surface area (Å²) in [5, 5.41) is 7.73. The Hall–Kier alpha value is -1.69. The number of aliphatic imine (C=N–C) groups is 1. The van der Waals surface area contributed by atoms with Crippen molar-refractivity contribution in [2.75, 3.05) is 39.5 Å². The summed E-state index contributed by atoms with van der Waals surface area (Å²) in [6, 6.07) is 8.54. The number of hydrogen-bond acceptors (Lipinski definition) is 5. The first-order valence-corrected chi connectivity index (χ1v) is 11.6. The molecule has 8 nitrogen and oxygen atoms in total. The average Bonchev–Trinajstić information content (AvgIpc) is 3.28. The molecule has 3 heterocycles. The molecule has 0 radical (unpaired) electrons. The Morgan fingerprint density at radius 2 is 2.06 bits per heavy atom. The molecule has 1 unspecified atom stereocenters. The fourth-order valence-electron chi connectivity index (χ4n) is 4.12. The maximum atomic E-state index is 6.08. The van der Waals surface area contributed by atoms with Gasteiger partial charge in [0, 0.05) is 45.1 Å². The van der Waals surface area contributed by atoms with Gasteiger partial charge in [-0.2, -0.15) is 5.10 Å². The summed E-state index contributed by atoms with van der Waals surface area (Å²) >= 11 is 0. The summed E-state index contributed by atoms with van der Waals surface area (Å²) in [6.07, 6.45) is 6.18. The molecule has 0 amide bonds. The highest BCUT2D eigenvalue weighted by Gasteiger charge is 2.25. The lowest BCUT2D eigenvalue weighted by atomic mass is 10.1. The minimum absolute atomic E-state index is 0. The van der Waals surface area contributed by atoms with Gasteiger partial charge in [-0.05, 0) is 30.9 Å². The first-order valence-electron chi connectivity index (χ1n) is 11.6. The van der Waals surface area contributed by atoms with Gasteiger partial charge in [-0.25, -0.2) is 4.99 Å². The van der Waals surface area contributed by atoms with Crippen molar-refractivity contribution in [1.29, 1.82) is 0 Å². The van der Waals surface area contributed by atoms with Crippen molar-refractivity contribution in [3.05, 3.63) is 53.3 Å². The summed E-state index contributed by atoms with van der Waals surface area (Å²) in [4.78, 5) is 7.21. The topological polar surface area (TPSA) is 73.1 Å². The lowest BCUT2D eigenvalue weighted by Crippen LogP contribution is -2.48. The minimum Gasteiger partial charge on any atom is -0.381 e. The van der Waals surface area contributed by atoms with Crippen molar-refractivity contribution in [2.45, 2.75) is 45.1 Å². The summed E-state index contributed by atoms with van der Waals surface area (Å²) in [5.74, 6) is 0.925. The maximum absolute atomic E-state index is 6.08. The monoisotopic (exact) mass is 569 g/mol. The maximum Gasteiger partial charge on any atom is 0.194 e. The van der Waals surface area contributed by atoms with Gasteiger partial charge in [-0.1, -0.05) is 24.3 Å². The van der Waals surface area contributed by atoms with Crippen LogP contribution >= 0.6 is 24.0 Å². The molecule has 0 saturated carbocycles. The smallest absolute Gasteiger partial charge is 0.194 e. The molecular formula is C24H36IN5O3. The second-order valence-electron chi connectivity index (χ2n) is 8.37. The zero-order valence-corrected chi connectivity index (χ0v) is 21.9. The Balaban J connectivity index is 0.00000306. The Labute approximate surface area is 213 Å². The SMILES string of the molecule is CCNC(=NCc1cccc(COC2CCOCC2)c1)N1CCOC(c2cnn(C)c2)C1.I. The van der Waals surface area contributed by atoms with E-state index < -0.39 is 0 Å². The number of hydrogen-bond donors (Lipinski definition) is 1. The number of nitrogens with one attached hydrogen (secondary N) is 1. The van der Waals surface area contributed by atoms with Gasteiger partial charge >= 0.3 is 0 Å². The molecule has 2 saturated heterocycles. The molecule has 0 bridgehead atoms. The van der Waals surface area contributed by atoms with Crippen LogP contribution in [-0.2, 0) is 34.4 Å². The molecule has 1 aromatic carbocycles. The van der Waals surface area contributed by atoms with E-state index in [0.717, 1.165) is 57.2 Å². The Kier molecular flexibility index (Phi) is 10.4. The van der Waals surface area contributed by atoms with Crippen LogP contribution in [0.5, 0.6) is 0 Å². The van der Waals surface area contributed by atoms with Gasteiger partial charge in [0.05, 0.1) is 38.6 Å². The highest BCUT2D eigenvalue weighted by Crippen LogP contribution is 2.22. The largest absolute Gasteiger partial charge is 0.381 e. The van der Waals surface area contributed by atoms with E-state index in [1.165, 1.54) is 11.1 Å². The van der Waals surface area contributed by atoms with Crippen LogP contribution in [0, 0.1) is 0 Å². The molecule has 1 atom stereocenters. The Morgan fingerprint density at radius 3 is 2.82 bits per heavy atom. The molecule has 1 aromatic heterocycles. The molecule has 182 valence electrons. The second kappa shape index (κ2) is 13.3. The van der Waals surface area contributed by atoms with Crippen LogP contribution in [0.4, 0.5) is 0 Å². The minimum atomic E-state index is 0. The third kappa shape index (κ3) is 7.66. The highest BCUT2D eigenvalue weighted by atomic mass is 127. The van der Waals surface area contributed by atoms with Crippen LogP contribution in [0.2, 0.25) is 0 Å². The number of aryl methyl sites for hydroxylation is 1. The van der Waals surface area contributed by atoms with E-state index in [1.807, 2.05) is 24.1 Å². The van der Waals surface area contributed by atoms with Crippen LogP contribution in [0.3, 0.4) is 0 Å². The van der Waals surface area contributed by atoms with Crippen molar-refractivity contribution in [2.24, 2.45) is 12.0 Å². The van der Waals surface area contributed by atoms with E-state index in [-0.39, 0.29) is 30.1 Å². The predicted octanol–water partition coefficient (Wildman–Crippen LogP) is 3.27. The van der Waals surface area contributed by atoms with Gasteiger partial charge in [0.25, 0.3) is 0 Å². The number of halogens is 1. The van der Waals surface area contributed by atoms with Crippen LogP contribution in [0.25, 0.3) is 0 Å². The number of benzene rings is 1. The number of aromatic nitrogens is 2. The fourth-order valence-corrected chi connectivity index (χ4v) is 4.12. The van der Waals surface area contributed by atoms with Crippen LogP contribution in [0.1, 0.15) is 42.6 Å². The quantitative estimate of drug-likeness (QED) is 0.314. The molecule has 1 N–H and O–H groups in total. The lowest BCUT2D eigenvalue weighted by Gasteiger charge is -2.34. The van der Waals surface area contributed by atoms with Crippen molar-refractivity contribution in [1.82, 2.24) is 20.0 Å². The molecule has 0 spiro atoms. The van der Waals surface area contributed by atoms with Gasteiger partial charge in [0.1, 0.15) is 6.10 Å². The zero-order valence-electron chi connectivity index (χ0n) is 19.6. The number of ether oxygens (including phenoxy) is 3. The number of nitrogens with zero attached hydrogens (tertiary/aromatic N) is 4. The molecule has 0 aliphatic carbocycles. The lowest BCUT2D eigenvalue weighted by molar-refractivity contribution is -0.0390. The van der Waals surface area contributed by atoms with Gasteiger partial charge in [0.15, 0.2) is 5.96 Å². The average molecular weight is 569 g/mol. The number of morpholine rings is 1. The fraction of sp³-hybridized carbons (Fsp3) is 0.583. The van der Waals surface area contributed by atoms with E-state index >= 15 is 0 Å². The summed E-state index contributed by atoms with van der Waals surface area (Å²) in [6.45, 7) is 8.04. The number of guanidine groups is 1. The molecule has 2 aliphatic heterocycles. The van der Waals surface area contributed by atoms with E-state index in [1.54, 1.807) is 0 Å². The van der Waals surface area contributed by atoms with Crippen molar-refractivity contribution in [3.63, 3.8) is 0 Å². The third-order valence-electron chi connectivity index (χ3n) is 5.85. The first-order chi connectivity index (χ1) is 15.7. The zero-order chi connectivity index (χ0) is 22.2. The standard InChI is InChI=1S/C24H35N5O3.HI/c1-3-25-24(29-9-12-31-23(17-29)21-15-27-28(2)16-21)26-14-19-5-4-6-20(13-19)18-32-22-7-10-30-11-8-22;/h4-6,13,15-16,22-23H,3,7-12,14,17-18H2,1-2H3,(H,25,26);1H. The van der Waals surface area contributed by atoms with Gasteiger partial charge < -0.3 is 24.4 Å². The van der Waals surface area contributed by atoms with E-state index in [4.69, 9.17) is 19.2 Å².